The van der Waals surface area contributed by atoms with Crippen LogP contribution in [0.2, 0.25) is 5.02 Å². The Balaban J connectivity index is 1.51. The molecule has 2 atom stereocenters. The van der Waals surface area contributed by atoms with E-state index in [-0.39, 0.29) is 0 Å². The maximum absolute atomic E-state index is 11.5. The molecular weight excluding hydrogens is 394 g/mol. The molecule has 152 valence electrons. The Labute approximate surface area is 173 Å². The topological polar surface area (TPSA) is 46.6 Å². The quantitative estimate of drug-likeness (QED) is 0.661. The molecule has 28 heavy (non-hydrogen) atoms. The number of nitrogens with zero attached hydrogens (tertiary/aromatic N) is 1. The molecular formula is C22H28ClNO3S. The van der Waals surface area contributed by atoms with Crippen molar-refractivity contribution in [2.75, 3.05) is 26.0 Å². The third-order valence-corrected chi connectivity index (χ3v) is 6.79. The molecule has 0 bridgehead atoms. The fourth-order valence-corrected chi connectivity index (χ4v) is 4.52. The number of piperidine rings is 1. The van der Waals surface area contributed by atoms with Gasteiger partial charge in [0, 0.05) is 36.3 Å². The first-order valence-corrected chi connectivity index (χ1v) is 12.0. The van der Waals surface area contributed by atoms with Crippen LogP contribution in [0.15, 0.2) is 53.4 Å². The SMILES string of the molecule is C[C@@H]1CC[C@H](COc2ccc(S(C)(=O)=O)cc2)CN1CCc1cccc(Cl)c1. The first-order valence-electron chi connectivity index (χ1n) is 9.72. The van der Waals surface area contributed by atoms with Gasteiger partial charge in [0.05, 0.1) is 11.5 Å². The van der Waals surface area contributed by atoms with E-state index in [0.29, 0.717) is 23.5 Å². The maximum Gasteiger partial charge on any atom is 0.175 e. The van der Waals surface area contributed by atoms with E-state index in [2.05, 4.69) is 17.9 Å². The van der Waals surface area contributed by atoms with Crippen molar-refractivity contribution in [2.45, 2.75) is 37.1 Å². The lowest BCUT2D eigenvalue weighted by Gasteiger charge is -2.38. The second-order valence-electron chi connectivity index (χ2n) is 7.72. The molecule has 1 heterocycles. The van der Waals surface area contributed by atoms with Gasteiger partial charge in [-0.1, -0.05) is 23.7 Å². The van der Waals surface area contributed by atoms with Crippen LogP contribution < -0.4 is 4.74 Å². The summed E-state index contributed by atoms with van der Waals surface area (Å²) in [4.78, 5) is 2.85. The predicted molar refractivity (Wildman–Crippen MR) is 114 cm³/mol. The lowest BCUT2D eigenvalue weighted by Crippen LogP contribution is -2.44. The van der Waals surface area contributed by atoms with E-state index in [0.717, 1.165) is 43.1 Å². The summed E-state index contributed by atoms with van der Waals surface area (Å²) in [5.41, 5.74) is 1.27. The van der Waals surface area contributed by atoms with Crippen LogP contribution in [0.4, 0.5) is 0 Å². The largest absolute Gasteiger partial charge is 0.493 e. The minimum atomic E-state index is -3.17. The Morgan fingerprint density at radius 2 is 1.89 bits per heavy atom. The summed E-state index contributed by atoms with van der Waals surface area (Å²) in [7, 11) is -3.17. The van der Waals surface area contributed by atoms with E-state index in [1.54, 1.807) is 24.3 Å². The second-order valence-corrected chi connectivity index (χ2v) is 10.2. The summed E-state index contributed by atoms with van der Waals surface area (Å²) in [5, 5.41) is 0.789. The Hall–Kier alpha value is -1.56. The summed E-state index contributed by atoms with van der Waals surface area (Å²) in [6.45, 7) is 4.97. The van der Waals surface area contributed by atoms with Crippen LogP contribution in [-0.2, 0) is 16.3 Å². The molecule has 0 radical (unpaired) electrons. The van der Waals surface area contributed by atoms with Crippen LogP contribution in [0.5, 0.6) is 5.75 Å². The molecule has 1 aliphatic heterocycles. The highest BCUT2D eigenvalue weighted by Gasteiger charge is 2.25. The highest BCUT2D eigenvalue weighted by atomic mass is 35.5. The summed E-state index contributed by atoms with van der Waals surface area (Å²) >= 11 is 6.09. The van der Waals surface area contributed by atoms with Crippen molar-refractivity contribution in [3.05, 3.63) is 59.1 Å². The Morgan fingerprint density at radius 1 is 1.14 bits per heavy atom. The molecule has 4 nitrogen and oxygen atoms in total. The first kappa shape index (κ1) is 21.2. The molecule has 6 heteroatoms. The lowest BCUT2D eigenvalue weighted by molar-refractivity contribution is 0.0905. The molecule has 2 aromatic carbocycles. The van der Waals surface area contributed by atoms with Gasteiger partial charge in [-0.15, -0.1) is 0 Å². The molecule has 1 saturated heterocycles. The minimum absolute atomic E-state index is 0.318. The van der Waals surface area contributed by atoms with Crippen LogP contribution in [0.25, 0.3) is 0 Å². The van der Waals surface area contributed by atoms with E-state index in [1.165, 1.54) is 11.8 Å². The second kappa shape index (κ2) is 9.29. The van der Waals surface area contributed by atoms with Gasteiger partial charge in [-0.25, -0.2) is 8.42 Å². The highest BCUT2D eigenvalue weighted by Crippen LogP contribution is 2.24. The third kappa shape index (κ3) is 5.97. The average molecular weight is 422 g/mol. The Morgan fingerprint density at radius 3 is 2.57 bits per heavy atom. The summed E-state index contributed by atoms with van der Waals surface area (Å²) < 4.78 is 29.0. The van der Waals surface area contributed by atoms with Crippen molar-refractivity contribution in [1.82, 2.24) is 4.90 Å². The van der Waals surface area contributed by atoms with E-state index < -0.39 is 9.84 Å². The van der Waals surface area contributed by atoms with Crippen LogP contribution in [-0.4, -0.2) is 45.3 Å². The molecule has 0 saturated carbocycles. The van der Waals surface area contributed by atoms with E-state index in [4.69, 9.17) is 16.3 Å². The van der Waals surface area contributed by atoms with E-state index >= 15 is 0 Å². The zero-order chi connectivity index (χ0) is 20.1. The number of rotatable bonds is 7. The molecule has 0 unspecified atom stereocenters. The van der Waals surface area contributed by atoms with Crippen molar-refractivity contribution >= 4 is 21.4 Å². The zero-order valence-corrected chi connectivity index (χ0v) is 18.0. The summed E-state index contributed by atoms with van der Waals surface area (Å²) in [6.07, 6.45) is 4.52. The number of likely N-dealkylation sites (tertiary alicyclic amines) is 1. The fraction of sp³-hybridized carbons (Fsp3) is 0.455. The monoisotopic (exact) mass is 421 g/mol. The van der Waals surface area contributed by atoms with Gasteiger partial charge < -0.3 is 4.74 Å². The lowest BCUT2D eigenvalue weighted by atomic mass is 9.93. The van der Waals surface area contributed by atoms with Gasteiger partial charge in [-0.2, -0.15) is 0 Å². The molecule has 1 fully saturated rings. The van der Waals surface area contributed by atoms with Crippen molar-refractivity contribution in [3.8, 4) is 5.75 Å². The van der Waals surface area contributed by atoms with Crippen molar-refractivity contribution in [2.24, 2.45) is 5.92 Å². The summed E-state index contributed by atoms with van der Waals surface area (Å²) in [5.74, 6) is 1.20. The minimum Gasteiger partial charge on any atom is -0.493 e. The van der Waals surface area contributed by atoms with Gasteiger partial charge in [0.2, 0.25) is 0 Å². The standard InChI is InChI=1S/C22H28ClNO3S/c1-17-6-7-19(15-24(17)13-12-18-4-3-5-20(23)14-18)16-27-21-8-10-22(11-9-21)28(2,25)26/h3-5,8-11,14,17,19H,6-7,12-13,15-16H2,1-2H3/t17-,19+/m1/s1. The van der Waals surface area contributed by atoms with Crippen LogP contribution in [0.1, 0.15) is 25.3 Å². The highest BCUT2D eigenvalue weighted by molar-refractivity contribution is 7.90. The van der Waals surface area contributed by atoms with Gasteiger partial charge in [-0.3, -0.25) is 4.90 Å². The van der Waals surface area contributed by atoms with Gasteiger partial charge in [-0.05, 0) is 68.1 Å². The van der Waals surface area contributed by atoms with Gasteiger partial charge in [0.15, 0.2) is 9.84 Å². The Kier molecular flexibility index (Phi) is 7.02. The first-order chi connectivity index (χ1) is 13.3. The normalized spacial score (nSPS) is 20.8. The molecule has 0 N–H and O–H groups in total. The molecule has 0 amide bonds. The number of hydrogen-bond acceptors (Lipinski definition) is 4. The molecule has 2 aromatic rings. The molecule has 1 aliphatic rings. The van der Waals surface area contributed by atoms with E-state index in [9.17, 15) is 8.42 Å². The Bertz CT molecular complexity index is 883. The van der Waals surface area contributed by atoms with Crippen LogP contribution in [0.3, 0.4) is 0 Å². The number of ether oxygens (including phenoxy) is 1. The molecule has 3 rings (SSSR count). The van der Waals surface area contributed by atoms with E-state index in [1.807, 2.05) is 18.2 Å². The number of halogens is 1. The summed E-state index contributed by atoms with van der Waals surface area (Å²) in [6, 6.07) is 15.3. The zero-order valence-electron chi connectivity index (χ0n) is 16.5. The smallest absolute Gasteiger partial charge is 0.175 e. The van der Waals surface area contributed by atoms with Gasteiger partial charge >= 0.3 is 0 Å². The fourth-order valence-electron chi connectivity index (χ4n) is 3.67. The van der Waals surface area contributed by atoms with Crippen LogP contribution >= 0.6 is 11.6 Å². The van der Waals surface area contributed by atoms with Crippen molar-refractivity contribution in [1.29, 1.82) is 0 Å². The van der Waals surface area contributed by atoms with Crippen molar-refractivity contribution in [3.63, 3.8) is 0 Å². The number of benzene rings is 2. The third-order valence-electron chi connectivity index (χ3n) is 5.42. The average Bonchev–Trinajstić information content (AvgIpc) is 2.66. The molecule has 0 spiro atoms. The predicted octanol–water partition coefficient (Wildman–Crippen LogP) is 4.47. The number of sulfone groups is 1. The van der Waals surface area contributed by atoms with Gasteiger partial charge in [0.25, 0.3) is 0 Å². The molecule has 0 aliphatic carbocycles. The number of hydrogen-bond donors (Lipinski definition) is 0. The van der Waals surface area contributed by atoms with Crippen molar-refractivity contribution < 1.29 is 13.2 Å². The maximum atomic E-state index is 11.5. The van der Waals surface area contributed by atoms with Gasteiger partial charge in [0.1, 0.15) is 5.75 Å². The van der Waals surface area contributed by atoms with Crippen LogP contribution in [0, 0.1) is 5.92 Å². The molecule has 0 aromatic heterocycles.